The maximum Gasteiger partial charge on any atom is 0.0892 e. The van der Waals surface area contributed by atoms with Crippen molar-refractivity contribution in [3.05, 3.63) is 132 Å². The van der Waals surface area contributed by atoms with Crippen LogP contribution < -0.4 is 0 Å². The van der Waals surface area contributed by atoms with Crippen LogP contribution in [0.3, 0.4) is 0 Å². The fraction of sp³-hybridized carbons (Fsp3) is 0.105. The van der Waals surface area contributed by atoms with Gasteiger partial charge in [0, 0.05) is 34.9 Å². The van der Waals surface area contributed by atoms with E-state index in [2.05, 4.69) is 98.3 Å². The van der Waals surface area contributed by atoms with E-state index in [4.69, 9.17) is 9.97 Å². The highest BCUT2D eigenvalue weighted by atomic mass is 14.8. The Kier molecular flexibility index (Phi) is 6.32. The van der Waals surface area contributed by atoms with Crippen molar-refractivity contribution in [2.75, 3.05) is 0 Å². The second-order valence-electron chi connectivity index (χ2n) is 10.8. The van der Waals surface area contributed by atoms with Crippen molar-refractivity contribution in [3.63, 3.8) is 0 Å². The second-order valence-corrected chi connectivity index (χ2v) is 10.8. The van der Waals surface area contributed by atoms with Gasteiger partial charge in [0.05, 0.1) is 22.8 Å². The van der Waals surface area contributed by atoms with Gasteiger partial charge in [0.25, 0.3) is 0 Å². The monoisotopic (exact) mass is 542 g/mol. The van der Waals surface area contributed by atoms with E-state index in [1.54, 1.807) is 0 Å². The first kappa shape index (κ1) is 25.7. The topological polar surface area (TPSA) is 51.6 Å². The number of pyridine rings is 4. The Morgan fingerprint density at radius 2 is 0.738 bits per heavy atom. The molecule has 202 valence electrons. The van der Waals surface area contributed by atoms with E-state index in [1.165, 1.54) is 54.9 Å². The van der Waals surface area contributed by atoms with Gasteiger partial charge in [-0.25, -0.2) is 0 Å². The molecule has 4 aromatic heterocycles. The lowest BCUT2D eigenvalue weighted by Crippen LogP contribution is -2.00. The summed E-state index contributed by atoms with van der Waals surface area (Å²) in [6.07, 6.45) is 3.63. The normalized spacial score (nSPS) is 11.3. The molecule has 7 aromatic rings. The van der Waals surface area contributed by atoms with Gasteiger partial charge in [0.1, 0.15) is 0 Å². The van der Waals surface area contributed by atoms with Crippen LogP contribution >= 0.6 is 0 Å². The van der Waals surface area contributed by atoms with Crippen LogP contribution in [0.1, 0.15) is 22.5 Å². The van der Waals surface area contributed by atoms with E-state index in [0.717, 1.165) is 34.2 Å². The molecule has 0 N–H and O–H groups in total. The Balaban J connectivity index is 1.52. The Hall–Kier alpha value is -5.22. The van der Waals surface area contributed by atoms with Crippen molar-refractivity contribution < 1.29 is 0 Å². The number of benzene rings is 3. The molecule has 0 fully saturated rings. The van der Waals surface area contributed by atoms with Gasteiger partial charge in [0.2, 0.25) is 0 Å². The van der Waals surface area contributed by atoms with Gasteiger partial charge in [-0.15, -0.1) is 0 Å². The number of nitrogens with zero attached hydrogens (tertiary/aromatic N) is 4. The molecule has 0 aliphatic rings. The highest BCUT2D eigenvalue weighted by molar-refractivity contribution is 6.22. The Morgan fingerprint density at radius 3 is 1.05 bits per heavy atom. The third-order valence-corrected chi connectivity index (χ3v) is 8.08. The molecule has 0 radical (unpaired) electrons. The fourth-order valence-electron chi connectivity index (χ4n) is 6.38. The van der Waals surface area contributed by atoms with Crippen molar-refractivity contribution in [3.8, 4) is 45.0 Å². The maximum atomic E-state index is 5.06. The number of hydrogen-bond acceptors (Lipinski definition) is 4. The molecular weight excluding hydrogens is 512 g/mol. The zero-order chi connectivity index (χ0) is 28.8. The molecule has 3 aromatic carbocycles. The summed E-state index contributed by atoms with van der Waals surface area (Å²) in [7, 11) is 0. The minimum absolute atomic E-state index is 0.882. The van der Waals surface area contributed by atoms with Crippen molar-refractivity contribution in [2.45, 2.75) is 27.7 Å². The quantitative estimate of drug-likeness (QED) is 0.208. The molecule has 4 heteroatoms. The molecular formula is C38H30N4. The van der Waals surface area contributed by atoms with E-state index < -0.39 is 0 Å². The first-order valence-corrected chi connectivity index (χ1v) is 14.2. The highest BCUT2D eigenvalue weighted by Gasteiger charge is 2.22. The standard InChI is InChI=1S/C38H30N4/c1-23-21-33(31-17-9-11-19-39-31)41-25(3)35(23)37-27-13-5-7-15-29(27)38(30-16-8-6-14-28(30)37)36-24(2)22-34(42-26(36)4)32-18-10-12-20-40-32/h5-22H,1-4H3. The number of aryl methyl sites for hydroxylation is 4. The van der Waals surface area contributed by atoms with Crippen LogP contribution in [0, 0.1) is 27.7 Å². The predicted octanol–water partition coefficient (Wildman–Crippen LogP) is 9.47. The summed E-state index contributed by atoms with van der Waals surface area (Å²) >= 11 is 0. The zero-order valence-corrected chi connectivity index (χ0v) is 24.2. The third kappa shape index (κ3) is 4.24. The molecule has 0 spiro atoms. The molecule has 7 rings (SSSR count). The lowest BCUT2D eigenvalue weighted by Gasteiger charge is -2.22. The van der Waals surface area contributed by atoms with Crippen LogP contribution in [0.25, 0.3) is 66.6 Å². The molecule has 4 heterocycles. The van der Waals surface area contributed by atoms with Crippen molar-refractivity contribution in [1.82, 2.24) is 19.9 Å². The van der Waals surface area contributed by atoms with Gasteiger partial charge in [-0.2, -0.15) is 0 Å². The molecule has 42 heavy (non-hydrogen) atoms. The van der Waals surface area contributed by atoms with E-state index in [-0.39, 0.29) is 0 Å². The minimum atomic E-state index is 0.882. The van der Waals surface area contributed by atoms with Gasteiger partial charge >= 0.3 is 0 Å². The smallest absolute Gasteiger partial charge is 0.0892 e. The Morgan fingerprint density at radius 1 is 0.381 bits per heavy atom. The molecule has 0 aliphatic carbocycles. The second kappa shape index (κ2) is 10.3. The Bertz CT molecular complexity index is 1860. The van der Waals surface area contributed by atoms with E-state index in [1.807, 2.05) is 48.8 Å². The van der Waals surface area contributed by atoms with Gasteiger partial charge in [-0.3, -0.25) is 19.9 Å². The summed E-state index contributed by atoms with van der Waals surface area (Å²) in [6, 6.07) is 33.7. The van der Waals surface area contributed by atoms with Crippen molar-refractivity contribution in [1.29, 1.82) is 0 Å². The lowest BCUT2D eigenvalue weighted by molar-refractivity contribution is 1.16. The first-order chi connectivity index (χ1) is 20.5. The van der Waals surface area contributed by atoms with Crippen LogP contribution in [0.5, 0.6) is 0 Å². The third-order valence-electron chi connectivity index (χ3n) is 8.08. The molecule has 0 aliphatic heterocycles. The van der Waals surface area contributed by atoms with Crippen LogP contribution in [0.2, 0.25) is 0 Å². The van der Waals surface area contributed by atoms with Gasteiger partial charge < -0.3 is 0 Å². The zero-order valence-electron chi connectivity index (χ0n) is 24.2. The summed E-state index contributed by atoms with van der Waals surface area (Å²) in [4.78, 5) is 19.2. The average molecular weight is 543 g/mol. The summed E-state index contributed by atoms with van der Waals surface area (Å²) in [5.74, 6) is 0. The SMILES string of the molecule is Cc1cc(-c2ccccn2)nc(C)c1-c1c2ccccc2c(-c2c(C)cc(-c3ccccn3)nc2C)c2ccccc12. The van der Waals surface area contributed by atoms with Gasteiger partial charge in [0.15, 0.2) is 0 Å². The molecule has 0 saturated carbocycles. The van der Waals surface area contributed by atoms with Crippen LogP contribution in [0.15, 0.2) is 109 Å². The molecule has 0 saturated heterocycles. The van der Waals surface area contributed by atoms with Crippen LogP contribution in [-0.4, -0.2) is 19.9 Å². The first-order valence-electron chi connectivity index (χ1n) is 14.2. The number of rotatable bonds is 4. The Labute approximate surface area is 245 Å². The summed E-state index contributed by atoms with van der Waals surface area (Å²) in [5.41, 5.74) is 12.7. The van der Waals surface area contributed by atoms with E-state index in [9.17, 15) is 0 Å². The number of fused-ring (bicyclic) bond motifs is 2. The van der Waals surface area contributed by atoms with Crippen molar-refractivity contribution in [2.24, 2.45) is 0 Å². The van der Waals surface area contributed by atoms with Gasteiger partial charge in [-0.05, 0) is 108 Å². The maximum absolute atomic E-state index is 5.06. The van der Waals surface area contributed by atoms with Crippen LogP contribution in [0.4, 0.5) is 0 Å². The summed E-state index contributed by atoms with van der Waals surface area (Å²) in [6.45, 7) is 8.59. The molecule has 0 atom stereocenters. The summed E-state index contributed by atoms with van der Waals surface area (Å²) < 4.78 is 0. The highest BCUT2D eigenvalue weighted by Crippen LogP contribution is 2.46. The average Bonchev–Trinajstić information content (AvgIpc) is 3.02. The van der Waals surface area contributed by atoms with E-state index >= 15 is 0 Å². The predicted molar refractivity (Wildman–Crippen MR) is 173 cm³/mol. The molecule has 0 amide bonds. The lowest BCUT2D eigenvalue weighted by atomic mass is 9.83. The van der Waals surface area contributed by atoms with Crippen molar-refractivity contribution >= 4 is 21.5 Å². The van der Waals surface area contributed by atoms with Gasteiger partial charge in [-0.1, -0.05) is 60.7 Å². The van der Waals surface area contributed by atoms with E-state index in [0.29, 0.717) is 0 Å². The largest absolute Gasteiger partial charge is 0.255 e. The molecule has 0 unspecified atom stereocenters. The molecule has 4 nitrogen and oxygen atoms in total. The minimum Gasteiger partial charge on any atom is -0.255 e. The van der Waals surface area contributed by atoms with Crippen LogP contribution in [-0.2, 0) is 0 Å². The number of hydrogen-bond donors (Lipinski definition) is 0. The summed E-state index contributed by atoms with van der Waals surface area (Å²) in [5, 5.41) is 4.82. The molecule has 0 bridgehead atoms. The fourth-order valence-corrected chi connectivity index (χ4v) is 6.38. The number of aromatic nitrogens is 4.